The van der Waals surface area contributed by atoms with Gasteiger partial charge in [0.1, 0.15) is 5.01 Å². The normalized spacial score (nSPS) is 11.1. The van der Waals surface area contributed by atoms with Crippen LogP contribution in [0, 0.1) is 13.8 Å². The van der Waals surface area contributed by atoms with Gasteiger partial charge in [0.25, 0.3) is 0 Å². The van der Waals surface area contributed by atoms with Crippen molar-refractivity contribution in [3.8, 4) is 5.69 Å². The molecule has 1 aromatic carbocycles. The van der Waals surface area contributed by atoms with Gasteiger partial charge in [0.05, 0.1) is 17.8 Å². The van der Waals surface area contributed by atoms with E-state index in [-0.39, 0.29) is 12.3 Å². The first-order chi connectivity index (χ1) is 12.0. The largest absolute Gasteiger partial charge is 0.300 e. The van der Waals surface area contributed by atoms with Crippen LogP contribution in [-0.2, 0) is 11.2 Å². The lowest BCUT2D eigenvalue weighted by Crippen LogP contribution is -2.15. The molecule has 0 radical (unpaired) electrons. The minimum atomic E-state index is -0.106. The van der Waals surface area contributed by atoms with E-state index in [1.807, 2.05) is 48.9 Å². The molecule has 0 aliphatic heterocycles. The maximum absolute atomic E-state index is 12.4. The highest BCUT2D eigenvalue weighted by Crippen LogP contribution is 2.23. The fourth-order valence-electron chi connectivity index (χ4n) is 2.59. The van der Waals surface area contributed by atoms with Crippen LogP contribution in [0.2, 0.25) is 0 Å². The third-order valence-corrected chi connectivity index (χ3v) is 5.10. The number of rotatable bonds is 5. The summed E-state index contributed by atoms with van der Waals surface area (Å²) in [7, 11) is 0. The van der Waals surface area contributed by atoms with Crippen molar-refractivity contribution in [1.82, 2.24) is 20.0 Å². The van der Waals surface area contributed by atoms with Crippen LogP contribution >= 0.6 is 11.3 Å². The zero-order chi connectivity index (χ0) is 18.0. The Labute approximate surface area is 150 Å². The molecule has 0 aliphatic carbocycles. The Morgan fingerprint density at radius 2 is 1.92 bits per heavy atom. The average molecular weight is 355 g/mol. The van der Waals surface area contributed by atoms with Gasteiger partial charge in [-0.2, -0.15) is 5.10 Å². The summed E-state index contributed by atoms with van der Waals surface area (Å²) in [6, 6.07) is 9.91. The van der Waals surface area contributed by atoms with Gasteiger partial charge in [-0.25, -0.2) is 4.68 Å². The number of anilines is 1. The van der Waals surface area contributed by atoms with Crippen molar-refractivity contribution in [2.24, 2.45) is 0 Å². The molecule has 0 fully saturated rings. The lowest BCUT2D eigenvalue weighted by molar-refractivity contribution is -0.115. The van der Waals surface area contributed by atoms with Crippen molar-refractivity contribution in [3.05, 3.63) is 52.3 Å². The molecule has 3 rings (SSSR count). The van der Waals surface area contributed by atoms with E-state index in [0.717, 1.165) is 27.6 Å². The number of benzene rings is 1. The van der Waals surface area contributed by atoms with Crippen LogP contribution in [0.1, 0.15) is 41.7 Å². The Morgan fingerprint density at radius 3 is 2.56 bits per heavy atom. The topological polar surface area (TPSA) is 72.7 Å². The fraction of sp³-hybridized carbons (Fsp3) is 0.333. The van der Waals surface area contributed by atoms with E-state index >= 15 is 0 Å². The van der Waals surface area contributed by atoms with E-state index < -0.39 is 0 Å². The summed E-state index contributed by atoms with van der Waals surface area (Å²) >= 11 is 1.42. The van der Waals surface area contributed by atoms with Gasteiger partial charge in [-0.3, -0.25) is 4.79 Å². The van der Waals surface area contributed by atoms with Crippen LogP contribution in [0.25, 0.3) is 5.69 Å². The number of amides is 1. The number of hydrogen-bond acceptors (Lipinski definition) is 5. The highest BCUT2D eigenvalue weighted by Gasteiger charge is 2.17. The monoisotopic (exact) mass is 355 g/mol. The van der Waals surface area contributed by atoms with Crippen molar-refractivity contribution in [2.45, 2.75) is 40.0 Å². The van der Waals surface area contributed by atoms with Crippen LogP contribution in [0.4, 0.5) is 5.13 Å². The molecule has 1 N–H and O–H groups in total. The maximum Gasteiger partial charge on any atom is 0.230 e. The first-order valence-electron chi connectivity index (χ1n) is 8.19. The molecule has 0 bridgehead atoms. The third-order valence-electron chi connectivity index (χ3n) is 3.96. The number of nitrogens with one attached hydrogen (secondary N) is 1. The van der Waals surface area contributed by atoms with E-state index in [1.165, 1.54) is 11.3 Å². The number of hydrogen-bond donors (Lipinski definition) is 1. The van der Waals surface area contributed by atoms with Gasteiger partial charge in [-0.15, -0.1) is 10.2 Å². The Hall–Kier alpha value is -2.54. The van der Waals surface area contributed by atoms with Crippen molar-refractivity contribution in [1.29, 1.82) is 0 Å². The van der Waals surface area contributed by atoms with Crippen molar-refractivity contribution in [2.75, 3.05) is 5.32 Å². The Balaban J connectivity index is 1.76. The molecule has 0 spiro atoms. The molecule has 2 heterocycles. The number of nitrogens with zero attached hydrogens (tertiary/aromatic N) is 4. The number of para-hydroxylation sites is 1. The molecule has 0 aliphatic rings. The molecule has 2 aromatic heterocycles. The zero-order valence-corrected chi connectivity index (χ0v) is 15.6. The van der Waals surface area contributed by atoms with Crippen LogP contribution < -0.4 is 5.32 Å². The van der Waals surface area contributed by atoms with Crippen molar-refractivity contribution in [3.63, 3.8) is 0 Å². The second-order valence-electron chi connectivity index (χ2n) is 6.22. The third kappa shape index (κ3) is 3.76. The molecule has 25 heavy (non-hydrogen) atoms. The molecule has 1 amide bonds. The zero-order valence-electron chi connectivity index (χ0n) is 14.8. The molecule has 7 heteroatoms. The Kier molecular flexibility index (Phi) is 4.94. The highest BCUT2D eigenvalue weighted by molar-refractivity contribution is 7.15. The van der Waals surface area contributed by atoms with Gasteiger partial charge in [0, 0.05) is 17.2 Å². The Morgan fingerprint density at radius 1 is 1.20 bits per heavy atom. The summed E-state index contributed by atoms with van der Waals surface area (Å²) in [5.74, 6) is 0.196. The first kappa shape index (κ1) is 17.3. The van der Waals surface area contributed by atoms with E-state index in [1.54, 1.807) is 0 Å². The molecular formula is C18H21N5OS. The number of aryl methyl sites for hydroxylation is 1. The van der Waals surface area contributed by atoms with Crippen LogP contribution in [-0.4, -0.2) is 25.9 Å². The summed E-state index contributed by atoms with van der Waals surface area (Å²) in [6.45, 7) is 8.02. The quantitative estimate of drug-likeness (QED) is 0.758. The second-order valence-corrected chi connectivity index (χ2v) is 7.23. The molecule has 0 unspecified atom stereocenters. The van der Waals surface area contributed by atoms with E-state index in [0.29, 0.717) is 11.0 Å². The van der Waals surface area contributed by atoms with Gasteiger partial charge in [-0.05, 0) is 26.0 Å². The van der Waals surface area contributed by atoms with Gasteiger partial charge in [0.15, 0.2) is 0 Å². The van der Waals surface area contributed by atoms with Gasteiger partial charge < -0.3 is 5.32 Å². The van der Waals surface area contributed by atoms with Gasteiger partial charge >= 0.3 is 0 Å². The molecule has 0 saturated heterocycles. The minimum absolute atomic E-state index is 0.106. The summed E-state index contributed by atoms with van der Waals surface area (Å²) in [5, 5.41) is 17.0. The molecule has 3 aromatic rings. The lowest BCUT2D eigenvalue weighted by Gasteiger charge is -2.05. The van der Waals surface area contributed by atoms with E-state index in [4.69, 9.17) is 0 Å². The van der Waals surface area contributed by atoms with Crippen molar-refractivity contribution < 1.29 is 4.79 Å². The summed E-state index contributed by atoms with van der Waals surface area (Å²) in [4.78, 5) is 12.4. The van der Waals surface area contributed by atoms with E-state index in [2.05, 4.69) is 34.5 Å². The number of carbonyl (C=O) groups is 1. The predicted molar refractivity (Wildman–Crippen MR) is 99.4 cm³/mol. The van der Waals surface area contributed by atoms with Crippen LogP contribution in [0.3, 0.4) is 0 Å². The van der Waals surface area contributed by atoms with E-state index in [9.17, 15) is 4.79 Å². The average Bonchev–Trinajstić information content (AvgIpc) is 3.16. The number of carbonyl (C=O) groups excluding carboxylic acids is 1. The predicted octanol–water partition coefficient (Wildman–Crippen LogP) is 3.65. The van der Waals surface area contributed by atoms with Crippen LogP contribution in [0.5, 0.6) is 0 Å². The smallest absolute Gasteiger partial charge is 0.230 e. The van der Waals surface area contributed by atoms with Gasteiger partial charge in [0.2, 0.25) is 11.0 Å². The second kappa shape index (κ2) is 7.14. The molecule has 0 saturated carbocycles. The van der Waals surface area contributed by atoms with Crippen LogP contribution in [0.15, 0.2) is 30.3 Å². The SMILES string of the molecule is Cc1nn(-c2ccccc2)c(C)c1CC(=O)Nc1nnc(C(C)C)s1. The molecule has 6 nitrogen and oxygen atoms in total. The van der Waals surface area contributed by atoms with Crippen molar-refractivity contribution >= 4 is 22.4 Å². The standard InChI is InChI=1S/C18H21N5OS/c1-11(2)17-20-21-18(25-17)19-16(24)10-15-12(3)22-23(13(15)4)14-8-6-5-7-9-14/h5-9,11H,10H2,1-4H3,(H,19,21,24). The maximum atomic E-state index is 12.4. The minimum Gasteiger partial charge on any atom is -0.300 e. The number of aromatic nitrogens is 4. The Bertz CT molecular complexity index is 882. The van der Waals surface area contributed by atoms with Gasteiger partial charge in [-0.1, -0.05) is 43.4 Å². The summed E-state index contributed by atoms with van der Waals surface area (Å²) in [6.07, 6.45) is 0.265. The fourth-order valence-corrected chi connectivity index (χ4v) is 3.36. The summed E-state index contributed by atoms with van der Waals surface area (Å²) < 4.78 is 1.87. The molecular weight excluding hydrogens is 334 g/mol. The molecule has 130 valence electrons. The highest BCUT2D eigenvalue weighted by atomic mass is 32.1. The lowest BCUT2D eigenvalue weighted by atomic mass is 10.1. The molecule has 0 atom stereocenters. The summed E-state index contributed by atoms with van der Waals surface area (Å²) in [5.41, 5.74) is 3.76. The first-order valence-corrected chi connectivity index (χ1v) is 9.01.